The van der Waals surface area contributed by atoms with Crippen LogP contribution in [-0.4, -0.2) is 34.2 Å². The van der Waals surface area contributed by atoms with Gasteiger partial charge >= 0.3 is 7.82 Å². The van der Waals surface area contributed by atoms with Crippen molar-refractivity contribution in [3.05, 3.63) is 174 Å². The number of phosphoric acid groups is 1. The molecule has 0 atom stereocenters. The van der Waals surface area contributed by atoms with E-state index < -0.39 is 7.82 Å². The fraction of sp³-hybridized carbons (Fsp3) is 0. The SMILES string of the molecule is C1=Cc2cc3c(-c4ccccc4)c(-c4ccccc4)c(c(-c4ccccc4)c4nc(cc5ccc(cc1n2)[nH]5)C=C4)n3-c1ccccc1.O=P(O)(O)O.[Co].[Cu]. The molecule has 2 aliphatic heterocycles. The maximum absolute atomic E-state index is 8.88. The fourth-order valence-electron chi connectivity index (χ4n) is 6.81. The van der Waals surface area contributed by atoms with Gasteiger partial charge in [-0.15, -0.1) is 0 Å². The zero-order valence-electron chi connectivity index (χ0n) is 28.9. The van der Waals surface area contributed by atoms with Gasteiger partial charge in [0.05, 0.1) is 33.8 Å². The van der Waals surface area contributed by atoms with E-state index in [1.807, 2.05) is 0 Å². The van der Waals surface area contributed by atoms with Gasteiger partial charge in [0, 0.05) is 67.3 Å². The van der Waals surface area contributed by atoms with Crippen molar-refractivity contribution in [1.82, 2.24) is 19.5 Å². The average Bonchev–Trinajstić information content (AvgIpc) is 3.97. The van der Waals surface area contributed by atoms with Gasteiger partial charge in [0.1, 0.15) is 0 Å². The molecule has 11 heteroatoms. The van der Waals surface area contributed by atoms with E-state index in [-0.39, 0.29) is 33.8 Å². The predicted molar refractivity (Wildman–Crippen MR) is 214 cm³/mol. The Morgan fingerprint density at radius 3 is 1.45 bits per heavy atom. The normalized spacial score (nSPS) is 11.5. The first kappa shape index (κ1) is 39.3. The summed E-state index contributed by atoms with van der Waals surface area (Å²) in [4.78, 5) is 35.5. The molecule has 55 heavy (non-hydrogen) atoms. The first-order valence-corrected chi connectivity index (χ1v) is 18.5. The Kier molecular flexibility index (Phi) is 12.1. The number of nitrogens with one attached hydrogen (secondary N) is 1. The van der Waals surface area contributed by atoms with Crippen LogP contribution in [0, 0.1) is 0 Å². The molecule has 8 nitrogen and oxygen atoms in total. The molecule has 4 aromatic carbocycles. The van der Waals surface area contributed by atoms with E-state index in [4.69, 9.17) is 29.2 Å². The van der Waals surface area contributed by atoms with Gasteiger partial charge in [-0.05, 0) is 83.5 Å². The zero-order valence-corrected chi connectivity index (χ0v) is 31.8. The van der Waals surface area contributed by atoms with Crippen molar-refractivity contribution in [2.75, 3.05) is 0 Å². The van der Waals surface area contributed by atoms with Gasteiger partial charge in [0.15, 0.2) is 0 Å². The van der Waals surface area contributed by atoms with Crippen LogP contribution in [-0.2, 0) is 38.4 Å². The average molecular weight is 835 g/mol. The third-order valence-electron chi connectivity index (χ3n) is 8.87. The largest absolute Gasteiger partial charge is 0.466 e. The number of aromatic amines is 1. The number of hydrogen-bond donors (Lipinski definition) is 4. The number of nitrogens with zero attached hydrogens (tertiary/aromatic N) is 3. The van der Waals surface area contributed by atoms with Crippen molar-refractivity contribution in [2.24, 2.45) is 0 Å². The molecule has 3 aromatic heterocycles. The number of rotatable bonds is 4. The van der Waals surface area contributed by atoms with Crippen LogP contribution in [0.25, 0.3) is 85.4 Å². The Labute approximate surface area is 338 Å². The molecule has 5 heterocycles. The molecular formula is C44H33CoCuN4O4P. The second-order valence-corrected chi connectivity index (χ2v) is 13.5. The Balaban J connectivity index is 0.000000693. The molecule has 8 bridgehead atoms. The third kappa shape index (κ3) is 8.79. The quantitative estimate of drug-likeness (QED) is 0.103. The predicted octanol–water partition coefficient (Wildman–Crippen LogP) is 10.2. The summed E-state index contributed by atoms with van der Waals surface area (Å²) in [6, 6.07) is 53.3. The van der Waals surface area contributed by atoms with Gasteiger partial charge in [-0.3, -0.25) is 0 Å². The smallest absolute Gasteiger partial charge is 0.355 e. The fourth-order valence-corrected chi connectivity index (χ4v) is 6.81. The van der Waals surface area contributed by atoms with E-state index in [0.29, 0.717) is 0 Å². The van der Waals surface area contributed by atoms with Crippen molar-refractivity contribution >= 4 is 54.2 Å². The summed E-state index contributed by atoms with van der Waals surface area (Å²) in [6.07, 6.45) is 8.44. The summed E-state index contributed by atoms with van der Waals surface area (Å²) in [5, 5.41) is 0. The minimum absolute atomic E-state index is 0. The molecule has 0 amide bonds. The van der Waals surface area contributed by atoms with Gasteiger partial charge in [0.2, 0.25) is 0 Å². The van der Waals surface area contributed by atoms with Crippen LogP contribution in [0.5, 0.6) is 0 Å². The molecule has 0 spiro atoms. The minimum atomic E-state index is -4.64. The number of aromatic nitrogens is 4. The van der Waals surface area contributed by atoms with E-state index in [1.54, 1.807) is 0 Å². The van der Waals surface area contributed by atoms with Crippen LogP contribution in [0.4, 0.5) is 0 Å². The summed E-state index contributed by atoms with van der Waals surface area (Å²) in [5.74, 6) is 0. The Bertz CT molecular complexity index is 2720. The summed E-state index contributed by atoms with van der Waals surface area (Å²) in [5.41, 5.74) is 15.4. The number of hydrogen-bond acceptors (Lipinski definition) is 3. The molecule has 278 valence electrons. The Morgan fingerprint density at radius 1 is 0.509 bits per heavy atom. The second kappa shape index (κ2) is 17.0. The third-order valence-corrected chi connectivity index (χ3v) is 8.87. The Morgan fingerprint density at radius 2 is 0.927 bits per heavy atom. The van der Waals surface area contributed by atoms with Crippen LogP contribution in [0.15, 0.2) is 152 Å². The molecular weight excluding hydrogens is 802 g/mol. The maximum Gasteiger partial charge on any atom is 0.466 e. The van der Waals surface area contributed by atoms with Crippen LogP contribution in [0.3, 0.4) is 0 Å². The molecule has 0 saturated heterocycles. The Hall–Kier alpha value is -5.38. The summed E-state index contributed by atoms with van der Waals surface area (Å²) in [6.45, 7) is 0. The molecule has 4 N–H and O–H groups in total. The number of para-hydroxylation sites is 1. The zero-order chi connectivity index (χ0) is 36.4. The standard InChI is InChI=1S/C44H30N4.Co.Cu.H3O4P/c1-5-13-30(14-6-1)41-39-26-25-36(47-39)28-35-22-21-33(45-35)27-34-23-24-37(46-34)29-40-42(31-15-7-2-8-16-31)43(32-17-9-3-10-18-32)44(41)48(40)38-19-11-4-12-20-38;;;1-5(2,3)4/h1-29,45H;;;(H3,1,2,3,4). The van der Waals surface area contributed by atoms with Crippen LogP contribution in [0.2, 0.25) is 0 Å². The minimum Gasteiger partial charge on any atom is -0.355 e. The first-order chi connectivity index (χ1) is 25.8. The number of benzene rings is 4. The second-order valence-electron chi connectivity index (χ2n) is 12.5. The topological polar surface area (TPSA) is 124 Å². The van der Waals surface area contributed by atoms with Gasteiger partial charge in [-0.2, -0.15) is 0 Å². The molecule has 0 aliphatic carbocycles. The molecule has 0 fully saturated rings. The van der Waals surface area contributed by atoms with Crippen molar-refractivity contribution in [1.29, 1.82) is 0 Å². The van der Waals surface area contributed by atoms with Gasteiger partial charge < -0.3 is 24.2 Å². The molecule has 0 unspecified atom stereocenters. The molecule has 0 saturated carbocycles. The van der Waals surface area contributed by atoms with E-state index in [0.717, 1.165) is 83.9 Å². The number of fused-ring (bicyclic) bond motifs is 8. The maximum atomic E-state index is 8.88. The van der Waals surface area contributed by atoms with Crippen LogP contribution >= 0.6 is 7.82 Å². The van der Waals surface area contributed by atoms with Gasteiger partial charge in [-0.1, -0.05) is 109 Å². The van der Waals surface area contributed by atoms with Gasteiger partial charge in [-0.25, -0.2) is 14.5 Å². The van der Waals surface area contributed by atoms with Crippen LogP contribution in [0.1, 0.15) is 22.8 Å². The number of H-pyrrole nitrogens is 1. The molecule has 7 aromatic rings. The van der Waals surface area contributed by atoms with Gasteiger partial charge in [0.25, 0.3) is 0 Å². The van der Waals surface area contributed by atoms with E-state index in [2.05, 4.69) is 186 Å². The van der Waals surface area contributed by atoms with Crippen LogP contribution < -0.4 is 0 Å². The first-order valence-electron chi connectivity index (χ1n) is 17.0. The van der Waals surface area contributed by atoms with Crippen molar-refractivity contribution in [2.45, 2.75) is 0 Å². The van der Waals surface area contributed by atoms with E-state index in [1.165, 1.54) is 0 Å². The summed E-state index contributed by atoms with van der Waals surface area (Å²) < 4.78 is 11.3. The van der Waals surface area contributed by atoms with Crippen molar-refractivity contribution in [3.63, 3.8) is 0 Å². The summed E-state index contributed by atoms with van der Waals surface area (Å²) >= 11 is 0. The molecule has 2 radical (unpaired) electrons. The molecule has 2 aliphatic rings. The van der Waals surface area contributed by atoms with E-state index in [9.17, 15) is 0 Å². The monoisotopic (exact) mass is 834 g/mol. The molecule has 9 rings (SSSR count). The van der Waals surface area contributed by atoms with Crippen molar-refractivity contribution < 1.29 is 53.1 Å². The summed E-state index contributed by atoms with van der Waals surface area (Å²) in [7, 11) is -4.64. The van der Waals surface area contributed by atoms with Crippen molar-refractivity contribution in [3.8, 4) is 39.1 Å². The van der Waals surface area contributed by atoms with E-state index >= 15 is 0 Å².